The molecule has 0 saturated heterocycles. The van der Waals surface area contributed by atoms with Crippen molar-refractivity contribution < 1.29 is 9.32 Å². The molecule has 9 nitrogen and oxygen atoms in total. The average molecular weight is 477 g/mol. The third-order valence-electron chi connectivity index (χ3n) is 5.63. The molecule has 1 N–H and O–H groups in total. The first-order chi connectivity index (χ1) is 16.3. The number of nitrogens with one attached hydrogen (secondary N) is 1. The molecule has 0 unspecified atom stereocenters. The van der Waals surface area contributed by atoms with Crippen molar-refractivity contribution in [3.05, 3.63) is 80.9 Å². The Labute approximate surface area is 199 Å². The summed E-state index contributed by atoms with van der Waals surface area (Å²) in [6.45, 7) is 5.57. The number of halogens is 1. The SMILES string of the molecule is Cc1ccc2c(c1)c1ncn(Cc3nc(C)no3)c(=O)c1n2CC(=O)Nc1cc(Cl)ccc1C. The molecule has 10 heteroatoms. The second kappa shape index (κ2) is 8.42. The summed E-state index contributed by atoms with van der Waals surface area (Å²) in [5.74, 6) is 0.496. The van der Waals surface area contributed by atoms with Crippen molar-refractivity contribution >= 4 is 45.1 Å². The number of carbonyl (C=O) groups excluding carboxylic acids is 1. The lowest BCUT2D eigenvalue weighted by Crippen LogP contribution is -2.25. The molecular formula is C24H21ClN6O3. The van der Waals surface area contributed by atoms with Crippen LogP contribution < -0.4 is 10.9 Å². The highest BCUT2D eigenvalue weighted by molar-refractivity contribution is 6.31. The van der Waals surface area contributed by atoms with Crippen LogP contribution in [0.4, 0.5) is 5.69 Å². The van der Waals surface area contributed by atoms with Crippen molar-refractivity contribution in [1.29, 1.82) is 0 Å². The van der Waals surface area contributed by atoms with E-state index in [1.165, 1.54) is 10.9 Å². The highest BCUT2D eigenvalue weighted by atomic mass is 35.5. The smallest absolute Gasteiger partial charge is 0.278 e. The van der Waals surface area contributed by atoms with Crippen molar-refractivity contribution in [3.63, 3.8) is 0 Å². The zero-order chi connectivity index (χ0) is 24.0. The summed E-state index contributed by atoms with van der Waals surface area (Å²) in [7, 11) is 0. The average Bonchev–Trinajstić information content (AvgIpc) is 3.33. The maximum absolute atomic E-state index is 13.5. The van der Waals surface area contributed by atoms with Gasteiger partial charge in [0.05, 0.1) is 11.8 Å². The number of aryl methyl sites for hydroxylation is 3. The van der Waals surface area contributed by atoms with Gasteiger partial charge in [0.25, 0.3) is 5.56 Å². The Balaban J connectivity index is 1.61. The summed E-state index contributed by atoms with van der Waals surface area (Å²) >= 11 is 6.09. The maximum Gasteiger partial charge on any atom is 0.278 e. The second-order valence-corrected chi connectivity index (χ2v) is 8.66. The summed E-state index contributed by atoms with van der Waals surface area (Å²) in [4.78, 5) is 35.3. The van der Waals surface area contributed by atoms with E-state index in [-0.39, 0.29) is 24.6 Å². The van der Waals surface area contributed by atoms with Gasteiger partial charge in [0, 0.05) is 16.1 Å². The van der Waals surface area contributed by atoms with Crippen molar-refractivity contribution in [1.82, 2.24) is 24.3 Å². The van der Waals surface area contributed by atoms with E-state index < -0.39 is 0 Å². The van der Waals surface area contributed by atoms with Gasteiger partial charge in [-0.05, 0) is 50.6 Å². The molecule has 172 valence electrons. The second-order valence-electron chi connectivity index (χ2n) is 8.22. The van der Waals surface area contributed by atoms with Gasteiger partial charge in [-0.3, -0.25) is 14.2 Å². The largest absolute Gasteiger partial charge is 0.337 e. The zero-order valence-corrected chi connectivity index (χ0v) is 19.6. The summed E-state index contributed by atoms with van der Waals surface area (Å²) in [6, 6.07) is 11.1. The van der Waals surface area contributed by atoms with Gasteiger partial charge in [0.2, 0.25) is 11.8 Å². The third-order valence-corrected chi connectivity index (χ3v) is 5.87. The number of hydrogen-bond acceptors (Lipinski definition) is 6. The Morgan fingerprint density at radius 1 is 1.15 bits per heavy atom. The highest BCUT2D eigenvalue weighted by Gasteiger charge is 2.20. The van der Waals surface area contributed by atoms with E-state index >= 15 is 0 Å². The van der Waals surface area contributed by atoms with Gasteiger partial charge in [0.15, 0.2) is 5.82 Å². The lowest BCUT2D eigenvalue weighted by Gasteiger charge is -2.11. The van der Waals surface area contributed by atoms with Gasteiger partial charge >= 0.3 is 0 Å². The number of benzene rings is 2. The van der Waals surface area contributed by atoms with Crippen molar-refractivity contribution in [2.45, 2.75) is 33.9 Å². The van der Waals surface area contributed by atoms with Crippen LogP contribution in [0.1, 0.15) is 22.8 Å². The van der Waals surface area contributed by atoms with Crippen LogP contribution in [0.5, 0.6) is 0 Å². The van der Waals surface area contributed by atoms with Crippen LogP contribution in [-0.4, -0.2) is 30.2 Å². The van der Waals surface area contributed by atoms with E-state index in [0.29, 0.717) is 33.5 Å². The molecule has 0 aliphatic rings. The van der Waals surface area contributed by atoms with Crippen molar-refractivity contribution in [2.75, 3.05) is 5.32 Å². The number of amides is 1. The Morgan fingerprint density at radius 3 is 2.74 bits per heavy atom. The molecule has 0 saturated carbocycles. The summed E-state index contributed by atoms with van der Waals surface area (Å²) in [5, 5.41) is 8.00. The topological polar surface area (TPSA) is 108 Å². The molecule has 0 atom stereocenters. The molecule has 5 aromatic rings. The lowest BCUT2D eigenvalue weighted by atomic mass is 10.1. The van der Waals surface area contributed by atoms with E-state index in [0.717, 1.165) is 22.0 Å². The normalized spacial score (nSPS) is 11.4. The molecule has 0 aliphatic carbocycles. The Bertz CT molecular complexity index is 1630. The fraction of sp³-hybridized carbons (Fsp3) is 0.208. The van der Waals surface area contributed by atoms with E-state index in [2.05, 4.69) is 20.4 Å². The number of hydrogen-bond donors (Lipinski definition) is 1. The van der Waals surface area contributed by atoms with Crippen LogP contribution in [0, 0.1) is 20.8 Å². The van der Waals surface area contributed by atoms with Crippen LogP contribution in [-0.2, 0) is 17.9 Å². The summed E-state index contributed by atoms with van der Waals surface area (Å²) in [5.41, 5.74) is 3.84. The maximum atomic E-state index is 13.5. The predicted molar refractivity (Wildman–Crippen MR) is 129 cm³/mol. The quantitative estimate of drug-likeness (QED) is 0.410. The molecule has 0 spiro atoms. The highest BCUT2D eigenvalue weighted by Crippen LogP contribution is 2.27. The monoisotopic (exact) mass is 476 g/mol. The first-order valence-electron chi connectivity index (χ1n) is 10.6. The van der Waals surface area contributed by atoms with Crippen LogP contribution in [0.15, 0.2) is 52.0 Å². The van der Waals surface area contributed by atoms with Crippen LogP contribution in [0.3, 0.4) is 0 Å². The van der Waals surface area contributed by atoms with E-state index in [4.69, 9.17) is 16.1 Å². The van der Waals surface area contributed by atoms with Crippen LogP contribution in [0.25, 0.3) is 21.9 Å². The van der Waals surface area contributed by atoms with Crippen molar-refractivity contribution in [2.24, 2.45) is 0 Å². The number of aromatic nitrogens is 5. The number of carbonyl (C=O) groups is 1. The number of nitrogens with zero attached hydrogens (tertiary/aromatic N) is 5. The third kappa shape index (κ3) is 3.94. The van der Waals surface area contributed by atoms with E-state index in [1.54, 1.807) is 23.6 Å². The number of fused-ring (bicyclic) bond motifs is 3. The van der Waals surface area contributed by atoms with Gasteiger partial charge in [-0.1, -0.05) is 34.5 Å². The summed E-state index contributed by atoms with van der Waals surface area (Å²) < 4.78 is 8.26. The number of anilines is 1. The fourth-order valence-electron chi connectivity index (χ4n) is 4.00. The Morgan fingerprint density at radius 2 is 1.97 bits per heavy atom. The van der Waals surface area contributed by atoms with Crippen LogP contribution >= 0.6 is 11.6 Å². The van der Waals surface area contributed by atoms with Gasteiger partial charge in [-0.25, -0.2) is 4.98 Å². The molecule has 0 aliphatic heterocycles. The minimum Gasteiger partial charge on any atom is -0.337 e. The molecular weight excluding hydrogens is 456 g/mol. The minimum absolute atomic E-state index is 0.0738. The van der Waals surface area contributed by atoms with E-state index in [9.17, 15) is 9.59 Å². The van der Waals surface area contributed by atoms with Gasteiger partial charge in [-0.15, -0.1) is 0 Å². The molecule has 0 radical (unpaired) electrons. The first kappa shape index (κ1) is 21.8. The van der Waals surface area contributed by atoms with Crippen LogP contribution in [0.2, 0.25) is 5.02 Å². The van der Waals surface area contributed by atoms with Crippen molar-refractivity contribution in [3.8, 4) is 0 Å². The lowest BCUT2D eigenvalue weighted by molar-refractivity contribution is -0.116. The van der Waals surface area contributed by atoms with Gasteiger partial charge in [-0.2, -0.15) is 4.98 Å². The van der Waals surface area contributed by atoms with E-state index in [1.807, 2.05) is 38.1 Å². The molecule has 2 aromatic carbocycles. The number of rotatable bonds is 5. The molecule has 1 amide bonds. The van der Waals surface area contributed by atoms with Gasteiger partial charge in [0.1, 0.15) is 24.1 Å². The first-order valence-corrected chi connectivity index (χ1v) is 11.0. The standard InChI is InChI=1S/C24H21ClN6O3/c1-13-4-7-19-17(8-13)22-23(24(33)30(12-26-22)11-21-27-15(3)29-34-21)31(19)10-20(32)28-18-9-16(25)6-5-14(18)2/h4-9,12H,10-11H2,1-3H3,(H,28,32). The molecule has 0 fully saturated rings. The molecule has 34 heavy (non-hydrogen) atoms. The molecule has 0 bridgehead atoms. The minimum atomic E-state index is -0.304. The summed E-state index contributed by atoms with van der Waals surface area (Å²) in [6.07, 6.45) is 1.46. The molecule has 3 aromatic heterocycles. The Hall–Kier alpha value is -3.98. The molecule has 3 heterocycles. The van der Waals surface area contributed by atoms with Gasteiger partial charge < -0.3 is 14.4 Å². The molecule has 5 rings (SSSR count). The predicted octanol–water partition coefficient (Wildman–Crippen LogP) is 4.00. The fourth-order valence-corrected chi connectivity index (χ4v) is 4.18. The Kier molecular flexibility index (Phi) is 5.41. The zero-order valence-electron chi connectivity index (χ0n) is 18.8.